The molecule has 0 atom stereocenters. The predicted molar refractivity (Wildman–Crippen MR) is 73.5 cm³/mol. The summed E-state index contributed by atoms with van der Waals surface area (Å²) in [4.78, 5) is 14.6. The van der Waals surface area contributed by atoms with E-state index in [1.165, 1.54) is 0 Å². The van der Waals surface area contributed by atoms with Gasteiger partial charge in [-0.15, -0.1) is 0 Å². The zero-order chi connectivity index (χ0) is 12.4. The molecule has 0 saturated heterocycles. The van der Waals surface area contributed by atoms with Gasteiger partial charge < -0.3 is 10.2 Å². The van der Waals surface area contributed by atoms with Crippen LogP contribution in [0.1, 0.15) is 0 Å². The molecule has 0 fully saturated rings. The first-order valence-corrected chi connectivity index (χ1v) is 5.99. The first kappa shape index (κ1) is 12.0. The highest BCUT2D eigenvalue weighted by molar-refractivity contribution is 14.1. The first-order valence-electron chi connectivity index (χ1n) is 4.92. The van der Waals surface area contributed by atoms with E-state index in [9.17, 15) is 0 Å². The maximum atomic E-state index is 4.33. The Morgan fingerprint density at radius 1 is 1.29 bits per heavy atom. The van der Waals surface area contributed by atoms with Crippen LogP contribution in [0, 0.1) is 3.57 Å². The molecule has 0 amide bonds. The number of rotatable bonds is 3. The molecule has 2 rings (SSSR count). The molecule has 90 valence electrons. The Labute approximate surface area is 112 Å². The van der Waals surface area contributed by atoms with Gasteiger partial charge in [0, 0.05) is 27.3 Å². The summed E-state index contributed by atoms with van der Waals surface area (Å²) in [6, 6.07) is 0. The first-order chi connectivity index (χ1) is 8.10. The smallest absolute Gasteiger partial charge is 0.257 e. The van der Waals surface area contributed by atoms with Crippen LogP contribution in [-0.4, -0.2) is 45.9 Å². The molecule has 0 aliphatic rings. The third-order valence-electron chi connectivity index (χ3n) is 1.99. The van der Waals surface area contributed by atoms with Crippen LogP contribution < -0.4 is 10.2 Å². The van der Waals surface area contributed by atoms with Gasteiger partial charge in [-0.25, -0.2) is 4.68 Å². The molecular weight excluding hydrogens is 333 g/mol. The molecule has 8 heteroatoms. The van der Waals surface area contributed by atoms with Gasteiger partial charge in [-0.05, 0) is 22.6 Å². The minimum absolute atomic E-state index is 0.496. The van der Waals surface area contributed by atoms with Crippen molar-refractivity contribution >= 4 is 34.5 Å². The fourth-order valence-electron chi connectivity index (χ4n) is 1.18. The van der Waals surface area contributed by atoms with E-state index in [2.05, 4.69) is 48.0 Å². The number of nitrogens with one attached hydrogen (secondary N) is 1. The fraction of sp³-hybridized carbons (Fsp3) is 0.333. The molecular formula is C9H12IN7. The highest BCUT2D eigenvalue weighted by atomic mass is 127. The average molecular weight is 345 g/mol. The SMILES string of the molecule is CNc1nc(N(C)C)nc(-n2cc(I)cn2)n1. The predicted octanol–water partition coefficient (Wildman–Crippen LogP) is 0.770. The van der Waals surface area contributed by atoms with Crippen molar-refractivity contribution in [3.63, 3.8) is 0 Å². The van der Waals surface area contributed by atoms with E-state index in [4.69, 9.17) is 0 Å². The van der Waals surface area contributed by atoms with Crippen molar-refractivity contribution < 1.29 is 0 Å². The van der Waals surface area contributed by atoms with Crippen LogP contribution in [0.25, 0.3) is 5.95 Å². The summed E-state index contributed by atoms with van der Waals surface area (Å²) in [5.74, 6) is 1.60. The van der Waals surface area contributed by atoms with Crippen molar-refractivity contribution in [2.75, 3.05) is 31.4 Å². The standard InChI is InChI=1S/C9H12IN7/c1-11-7-13-8(16(2)3)15-9(14-7)17-5-6(10)4-12-17/h4-5H,1-3H3,(H,11,13,14,15). The van der Waals surface area contributed by atoms with Crippen LogP contribution in [0.2, 0.25) is 0 Å². The second kappa shape index (κ2) is 4.82. The van der Waals surface area contributed by atoms with E-state index in [1.54, 1.807) is 17.9 Å². The summed E-state index contributed by atoms with van der Waals surface area (Å²) >= 11 is 2.19. The molecule has 17 heavy (non-hydrogen) atoms. The van der Waals surface area contributed by atoms with Gasteiger partial charge in [0.1, 0.15) is 0 Å². The van der Waals surface area contributed by atoms with E-state index < -0.39 is 0 Å². The summed E-state index contributed by atoms with van der Waals surface area (Å²) in [7, 11) is 5.53. The van der Waals surface area contributed by atoms with Crippen LogP contribution in [0.5, 0.6) is 0 Å². The normalized spacial score (nSPS) is 10.4. The Bertz CT molecular complexity index is 522. The third kappa shape index (κ3) is 2.62. The number of aromatic nitrogens is 5. The van der Waals surface area contributed by atoms with Crippen molar-refractivity contribution in [1.82, 2.24) is 24.7 Å². The number of hydrogen-bond acceptors (Lipinski definition) is 6. The molecule has 0 spiro atoms. The number of halogens is 1. The quantitative estimate of drug-likeness (QED) is 0.829. The fourth-order valence-corrected chi connectivity index (χ4v) is 1.57. The lowest BCUT2D eigenvalue weighted by molar-refractivity contribution is 0.790. The van der Waals surface area contributed by atoms with Crippen molar-refractivity contribution in [2.24, 2.45) is 0 Å². The molecule has 2 aromatic rings. The Morgan fingerprint density at radius 3 is 2.59 bits per heavy atom. The lowest BCUT2D eigenvalue weighted by Crippen LogP contribution is -2.16. The van der Waals surface area contributed by atoms with Crippen LogP contribution in [-0.2, 0) is 0 Å². The van der Waals surface area contributed by atoms with Gasteiger partial charge in [0.2, 0.25) is 11.9 Å². The maximum absolute atomic E-state index is 4.33. The molecule has 1 N–H and O–H groups in total. The third-order valence-corrected chi connectivity index (χ3v) is 2.55. The minimum Gasteiger partial charge on any atom is -0.357 e. The van der Waals surface area contributed by atoms with Crippen molar-refractivity contribution in [2.45, 2.75) is 0 Å². The van der Waals surface area contributed by atoms with E-state index >= 15 is 0 Å². The number of hydrogen-bond donors (Lipinski definition) is 1. The summed E-state index contributed by atoms with van der Waals surface area (Å²) < 4.78 is 2.65. The molecule has 0 bridgehead atoms. The summed E-state index contributed by atoms with van der Waals surface area (Å²) in [6.07, 6.45) is 3.60. The average Bonchev–Trinajstić information content (AvgIpc) is 2.75. The van der Waals surface area contributed by atoms with Crippen LogP contribution in [0.15, 0.2) is 12.4 Å². The zero-order valence-electron chi connectivity index (χ0n) is 9.72. The highest BCUT2D eigenvalue weighted by Crippen LogP contribution is 2.11. The minimum atomic E-state index is 0.496. The lowest BCUT2D eigenvalue weighted by Gasteiger charge is -2.12. The molecule has 2 aromatic heterocycles. The van der Waals surface area contributed by atoms with Gasteiger partial charge >= 0.3 is 0 Å². The molecule has 2 heterocycles. The summed E-state index contributed by atoms with van der Waals surface area (Å²) in [5, 5.41) is 7.08. The molecule has 0 saturated carbocycles. The van der Waals surface area contributed by atoms with Gasteiger partial charge in [-0.3, -0.25) is 0 Å². The zero-order valence-corrected chi connectivity index (χ0v) is 11.9. The van der Waals surface area contributed by atoms with Crippen molar-refractivity contribution in [3.8, 4) is 5.95 Å². The Morgan fingerprint density at radius 2 is 2.06 bits per heavy atom. The molecule has 0 aromatic carbocycles. The Balaban J connectivity index is 2.49. The van der Waals surface area contributed by atoms with Crippen molar-refractivity contribution in [3.05, 3.63) is 16.0 Å². The molecule has 0 aliphatic carbocycles. The van der Waals surface area contributed by atoms with Gasteiger partial charge in [0.15, 0.2) is 0 Å². The van der Waals surface area contributed by atoms with Gasteiger partial charge in [0.05, 0.1) is 9.77 Å². The van der Waals surface area contributed by atoms with Crippen LogP contribution in [0.4, 0.5) is 11.9 Å². The molecule has 0 radical (unpaired) electrons. The largest absolute Gasteiger partial charge is 0.357 e. The highest BCUT2D eigenvalue weighted by Gasteiger charge is 2.09. The van der Waals surface area contributed by atoms with E-state index in [0.29, 0.717) is 17.8 Å². The molecule has 0 aliphatic heterocycles. The topological polar surface area (TPSA) is 71.8 Å². The van der Waals surface area contributed by atoms with Crippen LogP contribution in [0.3, 0.4) is 0 Å². The Hall–Kier alpha value is -1.45. The summed E-state index contributed by atoms with van der Waals surface area (Å²) in [6.45, 7) is 0. The lowest BCUT2D eigenvalue weighted by atomic mass is 10.7. The molecule has 0 unspecified atom stereocenters. The monoisotopic (exact) mass is 345 g/mol. The van der Waals surface area contributed by atoms with Gasteiger partial charge in [-0.1, -0.05) is 0 Å². The van der Waals surface area contributed by atoms with E-state index in [1.807, 2.05) is 25.2 Å². The molecule has 7 nitrogen and oxygen atoms in total. The van der Waals surface area contributed by atoms with Crippen LogP contribution >= 0.6 is 22.6 Å². The maximum Gasteiger partial charge on any atom is 0.257 e. The second-order valence-electron chi connectivity index (χ2n) is 3.51. The van der Waals surface area contributed by atoms with Crippen molar-refractivity contribution in [1.29, 1.82) is 0 Å². The summed E-state index contributed by atoms with van der Waals surface area (Å²) in [5.41, 5.74) is 0. The number of nitrogens with zero attached hydrogens (tertiary/aromatic N) is 6. The number of anilines is 2. The second-order valence-corrected chi connectivity index (χ2v) is 4.75. The van der Waals surface area contributed by atoms with E-state index in [0.717, 1.165) is 3.57 Å². The van der Waals surface area contributed by atoms with Gasteiger partial charge in [-0.2, -0.15) is 20.1 Å². The van der Waals surface area contributed by atoms with E-state index in [-0.39, 0.29) is 0 Å². The van der Waals surface area contributed by atoms with Gasteiger partial charge in [0.25, 0.3) is 5.95 Å². The Kier molecular flexibility index (Phi) is 3.41.